The van der Waals surface area contributed by atoms with Crippen molar-refractivity contribution in [1.82, 2.24) is 9.71 Å². The molecule has 2 heterocycles. The molecule has 0 spiro atoms. The number of benzene rings is 1. The van der Waals surface area contributed by atoms with E-state index in [9.17, 15) is 13.2 Å². The SMILES string of the molecule is COc1ccc(NC(=O)[C@@H](NS(=O)(=O)c2ccc3c(c2)OCCO3)C(C)C)cn1. The van der Waals surface area contributed by atoms with Gasteiger partial charge in [-0.1, -0.05) is 13.8 Å². The first-order chi connectivity index (χ1) is 13.8. The van der Waals surface area contributed by atoms with E-state index in [4.69, 9.17) is 14.2 Å². The number of methoxy groups -OCH3 is 1. The van der Waals surface area contributed by atoms with E-state index in [0.29, 0.717) is 36.3 Å². The van der Waals surface area contributed by atoms with Crippen LogP contribution in [0.25, 0.3) is 0 Å². The highest BCUT2D eigenvalue weighted by molar-refractivity contribution is 7.89. The summed E-state index contributed by atoms with van der Waals surface area (Å²) >= 11 is 0. The lowest BCUT2D eigenvalue weighted by molar-refractivity contribution is -0.118. The van der Waals surface area contributed by atoms with Gasteiger partial charge in [0.2, 0.25) is 21.8 Å². The van der Waals surface area contributed by atoms with Crippen molar-refractivity contribution >= 4 is 21.6 Å². The molecule has 0 aliphatic carbocycles. The predicted molar refractivity (Wildman–Crippen MR) is 106 cm³/mol. The second kappa shape index (κ2) is 8.66. The molecule has 1 aliphatic rings. The summed E-state index contributed by atoms with van der Waals surface area (Å²) in [5.41, 5.74) is 0.431. The smallest absolute Gasteiger partial charge is 0.242 e. The molecule has 1 aliphatic heterocycles. The fourth-order valence-electron chi connectivity index (χ4n) is 2.71. The highest BCUT2D eigenvalue weighted by Crippen LogP contribution is 2.32. The van der Waals surface area contributed by atoms with E-state index in [1.165, 1.54) is 31.5 Å². The number of rotatable bonds is 7. The van der Waals surface area contributed by atoms with Crippen LogP contribution < -0.4 is 24.2 Å². The van der Waals surface area contributed by atoms with Crippen LogP contribution in [0.15, 0.2) is 41.4 Å². The zero-order valence-electron chi connectivity index (χ0n) is 16.3. The Hall–Kier alpha value is -2.85. The van der Waals surface area contributed by atoms with Crippen molar-refractivity contribution in [2.24, 2.45) is 5.92 Å². The minimum Gasteiger partial charge on any atom is -0.486 e. The molecule has 0 saturated heterocycles. The summed E-state index contributed by atoms with van der Waals surface area (Å²) in [5.74, 6) is 0.457. The van der Waals surface area contributed by atoms with Crippen LogP contribution in [-0.2, 0) is 14.8 Å². The fraction of sp³-hybridized carbons (Fsp3) is 0.368. The molecule has 1 aromatic carbocycles. The number of anilines is 1. The van der Waals surface area contributed by atoms with E-state index < -0.39 is 22.0 Å². The van der Waals surface area contributed by atoms with Crippen LogP contribution in [0.2, 0.25) is 0 Å². The van der Waals surface area contributed by atoms with Gasteiger partial charge in [0.05, 0.1) is 23.9 Å². The van der Waals surface area contributed by atoms with Crippen LogP contribution >= 0.6 is 0 Å². The van der Waals surface area contributed by atoms with Crippen LogP contribution in [0.1, 0.15) is 13.8 Å². The number of amides is 1. The molecule has 156 valence electrons. The molecular formula is C19H23N3O6S. The van der Waals surface area contributed by atoms with E-state index in [-0.39, 0.29) is 10.8 Å². The number of hydrogen-bond acceptors (Lipinski definition) is 7. The summed E-state index contributed by atoms with van der Waals surface area (Å²) in [7, 11) is -2.48. The van der Waals surface area contributed by atoms with E-state index in [1.807, 2.05) is 0 Å². The monoisotopic (exact) mass is 421 g/mol. The van der Waals surface area contributed by atoms with Gasteiger partial charge in [-0.15, -0.1) is 0 Å². The number of ether oxygens (including phenoxy) is 3. The quantitative estimate of drug-likeness (QED) is 0.700. The molecule has 1 atom stereocenters. The summed E-state index contributed by atoms with van der Waals surface area (Å²) in [5, 5.41) is 2.67. The van der Waals surface area contributed by atoms with Gasteiger partial charge in [0, 0.05) is 12.1 Å². The Bertz CT molecular complexity index is 976. The lowest BCUT2D eigenvalue weighted by Gasteiger charge is -2.23. The molecule has 2 aromatic rings. The van der Waals surface area contributed by atoms with Gasteiger partial charge in [0.15, 0.2) is 11.5 Å². The number of carbonyl (C=O) groups excluding carboxylic acids is 1. The Balaban J connectivity index is 1.77. The Morgan fingerprint density at radius 1 is 1.14 bits per heavy atom. The second-order valence-electron chi connectivity index (χ2n) is 6.73. The maximum Gasteiger partial charge on any atom is 0.242 e. The van der Waals surface area contributed by atoms with Gasteiger partial charge in [-0.25, -0.2) is 13.4 Å². The fourth-order valence-corrected chi connectivity index (χ4v) is 4.07. The summed E-state index contributed by atoms with van der Waals surface area (Å²) in [6.07, 6.45) is 1.43. The van der Waals surface area contributed by atoms with Gasteiger partial charge in [0.25, 0.3) is 0 Å². The third kappa shape index (κ3) is 4.96. The molecular weight excluding hydrogens is 398 g/mol. The van der Waals surface area contributed by atoms with Crippen molar-refractivity contribution in [3.8, 4) is 17.4 Å². The normalized spacial score (nSPS) is 14.3. The summed E-state index contributed by atoms with van der Waals surface area (Å²) < 4.78 is 44.0. The molecule has 9 nitrogen and oxygen atoms in total. The average molecular weight is 421 g/mol. The summed E-state index contributed by atoms with van der Waals surface area (Å²) in [4.78, 5) is 16.7. The molecule has 1 amide bonds. The lowest BCUT2D eigenvalue weighted by atomic mass is 10.1. The van der Waals surface area contributed by atoms with Gasteiger partial charge in [0.1, 0.15) is 19.3 Å². The summed E-state index contributed by atoms with van der Waals surface area (Å²) in [6, 6.07) is 6.57. The van der Waals surface area contributed by atoms with E-state index >= 15 is 0 Å². The molecule has 0 radical (unpaired) electrons. The number of nitrogens with zero attached hydrogens (tertiary/aromatic N) is 1. The van der Waals surface area contributed by atoms with Crippen LogP contribution in [0.3, 0.4) is 0 Å². The molecule has 29 heavy (non-hydrogen) atoms. The molecule has 0 bridgehead atoms. The predicted octanol–water partition coefficient (Wildman–Crippen LogP) is 1.80. The largest absolute Gasteiger partial charge is 0.486 e. The topological polar surface area (TPSA) is 116 Å². The molecule has 0 fully saturated rings. The zero-order valence-corrected chi connectivity index (χ0v) is 17.2. The number of hydrogen-bond donors (Lipinski definition) is 2. The van der Waals surface area contributed by atoms with Gasteiger partial charge >= 0.3 is 0 Å². The van der Waals surface area contributed by atoms with Gasteiger partial charge < -0.3 is 19.5 Å². The van der Waals surface area contributed by atoms with Crippen molar-refractivity contribution in [2.45, 2.75) is 24.8 Å². The number of fused-ring (bicyclic) bond motifs is 1. The number of sulfonamides is 1. The second-order valence-corrected chi connectivity index (χ2v) is 8.44. The van der Waals surface area contributed by atoms with Crippen LogP contribution in [0.5, 0.6) is 17.4 Å². The van der Waals surface area contributed by atoms with Gasteiger partial charge in [-0.3, -0.25) is 4.79 Å². The molecule has 3 rings (SSSR count). The molecule has 1 aromatic heterocycles. The number of carbonyl (C=O) groups is 1. The highest BCUT2D eigenvalue weighted by Gasteiger charge is 2.29. The minimum atomic E-state index is -3.97. The Kier molecular flexibility index (Phi) is 6.23. The number of nitrogens with one attached hydrogen (secondary N) is 2. The van der Waals surface area contributed by atoms with Crippen LogP contribution in [0, 0.1) is 5.92 Å². The molecule has 2 N–H and O–H groups in total. The van der Waals surface area contributed by atoms with Crippen molar-refractivity contribution in [1.29, 1.82) is 0 Å². The Morgan fingerprint density at radius 3 is 2.48 bits per heavy atom. The lowest BCUT2D eigenvalue weighted by Crippen LogP contribution is -2.47. The van der Waals surface area contributed by atoms with Gasteiger partial charge in [-0.2, -0.15) is 4.72 Å². The number of aromatic nitrogens is 1. The van der Waals surface area contributed by atoms with Crippen LogP contribution in [0.4, 0.5) is 5.69 Å². The maximum atomic E-state index is 12.9. The van der Waals surface area contributed by atoms with E-state index in [2.05, 4.69) is 15.0 Å². The summed E-state index contributed by atoms with van der Waals surface area (Å²) in [6.45, 7) is 4.26. The van der Waals surface area contributed by atoms with Crippen molar-refractivity contribution in [3.05, 3.63) is 36.5 Å². The van der Waals surface area contributed by atoms with Crippen molar-refractivity contribution < 1.29 is 27.4 Å². The van der Waals surface area contributed by atoms with Crippen molar-refractivity contribution in [3.63, 3.8) is 0 Å². The van der Waals surface area contributed by atoms with Crippen molar-refractivity contribution in [2.75, 3.05) is 25.6 Å². The Morgan fingerprint density at radius 2 is 1.86 bits per heavy atom. The first-order valence-electron chi connectivity index (χ1n) is 9.03. The third-order valence-corrected chi connectivity index (χ3v) is 5.71. The minimum absolute atomic E-state index is 0.00804. The highest BCUT2D eigenvalue weighted by atomic mass is 32.2. The zero-order chi connectivity index (χ0) is 21.0. The molecule has 0 saturated carbocycles. The maximum absolute atomic E-state index is 12.9. The first kappa shape index (κ1) is 20.9. The van der Waals surface area contributed by atoms with Gasteiger partial charge in [-0.05, 0) is 24.1 Å². The van der Waals surface area contributed by atoms with E-state index in [1.54, 1.807) is 26.0 Å². The Labute approximate surface area is 169 Å². The van der Waals surface area contributed by atoms with Crippen LogP contribution in [-0.4, -0.2) is 45.7 Å². The molecule has 10 heteroatoms. The molecule has 0 unspecified atom stereocenters. The average Bonchev–Trinajstić information content (AvgIpc) is 2.72. The van der Waals surface area contributed by atoms with E-state index in [0.717, 1.165) is 0 Å². The number of pyridine rings is 1. The first-order valence-corrected chi connectivity index (χ1v) is 10.5. The standard InChI is InChI=1S/C19H23N3O6S/c1-12(2)18(19(23)21-13-4-7-17(26-3)20-11-13)22-29(24,25)14-5-6-15-16(10-14)28-9-8-27-15/h4-7,10-12,18,22H,8-9H2,1-3H3,(H,21,23)/t18-/m0/s1. The third-order valence-electron chi connectivity index (χ3n) is 4.27.